The van der Waals surface area contributed by atoms with Gasteiger partial charge in [0.1, 0.15) is 0 Å². The minimum atomic E-state index is 0.431. The molecule has 2 rings (SSSR count). The van der Waals surface area contributed by atoms with Crippen molar-refractivity contribution in [1.29, 1.82) is 0 Å². The van der Waals surface area contributed by atoms with E-state index in [1.165, 1.54) is 45.7 Å². The summed E-state index contributed by atoms with van der Waals surface area (Å²) in [7, 11) is 0. The molecule has 0 aliphatic carbocycles. The topological polar surface area (TPSA) is 0 Å². The molecule has 0 unspecified atom stereocenters. The number of benzene rings is 2. The van der Waals surface area contributed by atoms with Crippen molar-refractivity contribution in [2.75, 3.05) is 0 Å². The van der Waals surface area contributed by atoms with Crippen LogP contribution in [-0.2, 0) is 0 Å². The Bertz CT molecular complexity index is 866. The molecule has 0 saturated heterocycles. The SMILES string of the molecule is CCCCC#C/C=C\c1ccccc1[Se][Se]c1ccccc1/C=C\C#CCCCC. The molecular formula is C28H30Se2. The monoisotopic (exact) mass is 526 g/mol. The van der Waals surface area contributed by atoms with E-state index in [0.29, 0.717) is 26.3 Å². The molecule has 0 aliphatic rings. The van der Waals surface area contributed by atoms with Gasteiger partial charge in [-0.05, 0) is 0 Å². The van der Waals surface area contributed by atoms with E-state index in [2.05, 4.69) is 98.2 Å². The first-order valence-electron chi connectivity index (χ1n) is 10.7. The molecule has 0 bridgehead atoms. The number of unbranched alkanes of at least 4 members (excludes halogenated alkanes) is 4. The molecule has 0 aromatic heterocycles. The van der Waals surface area contributed by atoms with Crippen molar-refractivity contribution in [2.24, 2.45) is 0 Å². The van der Waals surface area contributed by atoms with E-state index in [1.807, 2.05) is 12.2 Å². The maximum absolute atomic E-state index is 3.23. The van der Waals surface area contributed by atoms with Crippen molar-refractivity contribution in [3.05, 3.63) is 71.8 Å². The summed E-state index contributed by atoms with van der Waals surface area (Å²) in [4.78, 5) is 0. The van der Waals surface area contributed by atoms with Crippen molar-refractivity contribution >= 4 is 47.3 Å². The molecule has 0 aliphatic heterocycles. The first-order chi connectivity index (χ1) is 14.8. The van der Waals surface area contributed by atoms with Crippen molar-refractivity contribution in [2.45, 2.75) is 52.4 Å². The standard InChI is InChI=1S/C28H30Se2/c1-3-5-7-9-11-13-19-25-21-15-17-23-27(25)29-30-28-24-18-16-22-26(28)20-14-12-10-8-6-4-2/h13-24H,3-8H2,1-2H3/b19-13-,20-14-. The summed E-state index contributed by atoms with van der Waals surface area (Å²) in [6.07, 6.45) is 15.1. The summed E-state index contributed by atoms with van der Waals surface area (Å²) in [6, 6.07) is 17.5. The molecule has 2 aromatic carbocycles. The molecule has 30 heavy (non-hydrogen) atoms. The third-order valence-corrected chi connectivity index (χ3v) is 11.6. The number of rotatable bonds is 9. The van der Waals surface area contributed by atoms with E-state index >= 15 is 0 Å². The van der Waals surface area contributed by atoms with Crippen molar-refractivity contribution in [3.63, 3.8) is 0 Å². The van der Waals surface area contributed by atoms with Crippen molar-refractivity contribution in [3.8, 4) is 23.7 Å². The Morgan fingerprint density at radius 2 is 1.10 bits per heavy atom. The van der Waals surface area contributed by atoms with E-state index in [0.717, 1.165) is 12.8 Å². The fraction of sp³-hybridized carbons (Fsp3) is 0.286. The van der Waals surface area contributed by atoms with E-state index in [1.54, 1.807) is 0 Å². The minimum absolute atomic E-state index is 0.431. The van der Waals surface area contributed by atoms with Gasteiger partial charge in [-0.2, -0.15) is 0 Å². The molecule has 154 valence electrons. The first kappa shape index (κ1) is 24.3. The van der Waals surface area contributed by atoms with Crippen molar-refractivity contribution < 1.29 is 0 Å². The van der Waals surface area contributed by atoms with Gasteiger partial charge in [-0.25, -0.2) is 0 Å². The molecular weight excluding hydrogens is 494 g/mol. The Labute approximate surface area is 194 Å². The molecule has 2 aromatic rings. The van der Waals surface area contributed by atoms with Crippen LogP contribution in [0.2, 0.25) is 0 Å². The first-order valence-corrected chi connectivity index (χ1v) is 16.7. The quantitative estimate of drug-likeness (QED) is 0.235. The number of allylic oxidation sites excluding steroid dienone is 2. The Morgan fingerprint density at radius 1 is 0.667 bits per heavy atom. The predicted molar refractivity (Wildman–Crippen MR) is 136 cm³/mol. The van der Waals surface area contributed by atoms with Crippen LogP contribution in [0.15, 0.2) is 60.7 Å². The molecule has 0 nitrogen and oxygen atoms in total. The summed E-state index contributed by atoms with van der Waals surface area (Å²) in [5.74, 6) is 12.8. The summed E-state index contributed by atoms with van der Waals surface area (Å²) < 4.78 is 2.91. The average Bonchev–Trinajstić information content (AvgIpc) is 2.78. The van der Waals surface area contributed by atoms with Gasteiger partial charge in [-0.15, -0.1) is 0 Å². The van der Waals surface area contributed by atoms with Gasteiger partial charge in [-0.3, -0.25) is 0 Å². The van der Waals surface area contributed by atoms with Crippen LogP contribution in [0.4, 0.5) is 0 Å². The molecule has 0 radical (unpaired) electrons. The fourth-order valence-electron chi connectivity index (χ4n) is 2.53. The van der Waals surface area contributed by atoms with Gasteiger partial charge in [0.15, 0.2) is 0 Å². The zero-order valence-electron chi connectivity index (χ0n) is 18.0. The van der Waals surface area contributed by atoms with Crippen LogP contribution >= 0.6 is 0 Å². The zero-order chi connectivity index (χ0) is 21.3. The van der Waals surface area contributed by atoms with Crippen LogP contribution in [0.3, 0.4) is 0 Å². The van der Waals surface area contributed by atoms with E-state index in [4.69, 9.17) is 0 Å². The molecule has 2 heteroatoms. The molecule has 0 atom stereocenters. The Hall–Kier alpha value is -1.92. The van der Waals surface area contributed by atoms with Crippen LogP contribution in [0.5, 0.6) is 0 Å². The van der Waals surface area contributed by atoms with Crippen LogP contribution in [-0.4, -0.2) is 26.3 Å². The van der Waals surface area contributed by atoms with Gasteiger partial charge < -0.3 is 0 Å². The van der Waals surface area contributed by atoms with Crippen LogP contribution in [0.1, 0.15) is 63.5 Å². The molecule has 0 spiro atoms. The van der Waals surface area contributed by atoms with Gasteiger partial charge in [0.05, 0.1) is 0 Å². The van der Waals surface area contributed by atoms with Crippen LogP contribution in [0.25, 0.3) is 12.2 Å². The second kappa shape index (κ2) is 15.9. The molecule has 0 amide bonds. The third kappa shape index (κ3) is 9.72. The van der Waals surface area contributed by atoms with Gasteiger partial charge >= 0.3 is 195 Å². The van der Waals surface area contributed by atoms with Gasteiger partial charge in [0, 0.05) is 0 Å². The number of hydrogen-bond acceptors (Lipinski definition) is 0. The second-order valence-electron chi connectivity index (χ2n) is 6.76. The van der Waals surface area contributed by atoms with Crippen LogP contribution < -0.4 is 8.92 Å². The van der Waals surface area contributed by atoms with Crippen LogP contribution in [0, 0.1) is 23.7 Å². The number of hydrogen-bond donors (Lipinski definition) is 0. The van der Waals surface area contributed by atoms with Gasteiger partial charge in [0.25, 0.3) is 0 Å². The van der Waals surface area contributed by atoms with Gasteiger partial charge in [-0.1, -0.05) is 0 Å². The molecule has 0 N–H and O–H groups in total. The second-order valence-corrected chi connectivity index (χ2v) is 12.9. The Morgan fingerprint density at radius 3 is 1.53 bits per heavy atom. The average molecular weight is 524 g/mol. The zero-order valence-corrected chi connectivity index (χ0v) is 21.4. The molecule has 0 saturated carbocycles. The maximum atomic E-state index is 3.23. The summed E-state index contributed by atoms with van der Waals surface area (Å²) in [5.41, 5.74) is 2.61. The summed E-state index contributed by atoms with van der Waals surface area (Å²) in [6.45, 7) is 4.40. The van der Waals surface area contributed by atoms with E-state index < -0.39 is 0 Å². The third-order valence-electron chi connectivity index (χ3n) is 4.27. The van der Waals surface area contributed by atoms with E-state index in [9.17, 15) is 0 Å². The molecule has 0 heterocycles. The van der Waals surface area contributed by atoms with Crippen molar-refractivity contribution in [1.82, 2.24) is 0 Å². The summed E-state index contributed by atoms with van der Waals surface area (Å²) in [5, 5.41) is 0. The predicted octanol–water partition coefficient (Wildman–Crippen LogP) is 5.37. The molecule has 0 fully saturated rings. The Kier molecular flexibility index (Phi) is 12.9. The Balaban J connectivity index is 2.02. The van der Waals surface area contributed by atoms with E-state index in [-0.39, 0.29) is 0 Å². The summed E-state index contributed by atoms with van der Waals surface area (Å²) >= 11 is 0.862. The fourth-order valence-corrected chi connectivity index (χ4v) is 9.71. The van der Waals surface area contributed by atoms with Gasteiger partial charge in [0.2, 0.25) is 0 Å². The normalized spacial score (nSPS) is 10.6.